The van der Waals surface area contributed by atoms with Gasteiger partial charge in [-0.25, -0.2) is 4.57 Å². The molecule has 0 saturated heterocycles. The van der Waals surface area contributed by atoms with Crippen molar-refractivity contribution in [3.8, 4) is 0 Å². The highest BCUT2D eigenvalue weighted by atomic mass is 31.2. The van der Waals surface area contributed by atoms with Gasteiger partial charge in [-0.2, -0.15) is 0 Å². The smallest absolute Gasteiger partial charge is 0.457 e. The standard InChI is InChI=1S/C53H91O12P/c1-3-5-7-9-11-13-15-17-19-21-22-23-24-25-26-27-28-30-32-34-36-38-40-42-47(54)64-46(45-63-66(60,61)65-53-51(58)49(56)48(55)50(57)52(53)59)44-62-43-41-39-37-35-33-31-29-20-18-16-14-12-10-8-6-4-2/h5-8,11-14,17-20,22-23,46,48-53,55-59H,3-4,9-10,15-16,21,24-45H2,1-2H3,(H,60,61)/b7-5-,8-6-,13-11-,14-12-,19-17-,20-18-,23-22-. The van der Waals surface area contributed by atoms with Gasteiger partial charge in [0.2, 0.25) is 0 Å². The molecule has 0 radical (unpaired) electrons. The molecule has 380 valence electrons. The molecule has 13 heteroatoms. The van der Waals surface area contributed by atoms with Crippen molar-refractivity contribution in [3.63, 3.8) is 0 Å². The van der Waals surface area contributed by atoms with Gasteiger partial charge in [0.25, 0.3) is 0 Å². The van der Waals surface area contributed by atoms with Crippen molar-refractivity contribution in [2.75, 3.05) is 19.8 Å². The van der Waals surface area contributed by atoms with Gasteiger partial charge in [0.1, 0.15) is 42.7 Å². The second-order valence-corrected chi connectivity index (χ2v) is 18.7. The maximum Gasteiger partial charge on any atom is 0.472 e. The molecular formula is C53H91O12P. The molecule has 1 saturated carbocycles. The molecule has 6 unspecified atom stereocenters. The van der Waals surface area contributed by atoms with Gasteiger partial charge < -0.3 is 39.9 Å². The summed E-state index contributed by atoms with van der Waals surface area (Å²) in [5.41, 5.74) is 0. The first-order valence-corrected chi connectivity index (χ1v) is 26.9. The molecule has 0 aromatic rings. The van der Waals surface area contributed by atoms with Crippen molar-refractivity contribution in [3.05, 3.63) is 85.1 Å². The van der Waals surface area contributed by atoms with Crippen LogP contribution in [0.15, 0.2) is 85.1 Å². The van der Waals surface area contributed by atoms with E-state index in [1.54, 1.807) is 0 Å². The fraction of sp³-hybridized carbons (Fsp3) is 0.717. The predicted molar refractivity (Wildman–Crippen MR) is 267 cm³/mol. The number of aliphatic hydroxyl groups excluding tert-OH is 5. The van der Waals surface area contributed by atoms with Crippen LogP contribution >= 0.6 is 7.82 Å². The molecule has 1 rings (SSSR count). The summed E-state index contributed by atoms with van der Waals surface area (Å²) in [5, 5.41) is 50.3. The lowest BCUT2D eigenvalue weighted by molar-refractivity contribution is -0.220. The number of esters is 1. The number of allylic oxidation sites excluding steroid dienone is 14. The fourth-order valence-corrected chi connectivity index (χ4v) is 8.27. The SMILES string of the molecule is CC/C=C\C/C=C\C/C=C\C/C=C\CCCCCCCCCCCCC(=O)OC(COCCCCCCCC/C=C\C/C=C\C/C=C\CC)COP(=O)(O)OC1C(O)C(O)C(O)C(O)C1O. The van der Waals surface area contributed by atoms with Crippen molar-refractivity contribution in [2.45, 2.75) is 224 Å². The maximum absolute atomic E-state index is 12.9. The fourth-order valence-electron chi connectivity index (χ4n) is 7.30. The lowest BCUT2D eigenvalue weighted by Crippen LogP contribution is -2.64. The normalized spacial score (nSPS) is 22.1. The van der Waals surface area contributed by atoms with Crippen LogP contribution in [-0.4, -0.2) is 98.9 Å². The maximum atomic E-state index is 12.9. The summed E-state index contributed by atoms with van der Waals surface area (Å²) in [4.78, 5) is 23.2. The number of ether oxygens (including phenoxy) is 2. The van der Waals surface area contributed by atoms with Gasteiger partial charge in [-0.15, -0.1) is 0 Å². The van der Waals surface area contributed by atoms with E-state index in [0.717, 1.165) is 116 Å². The Balaban J connectivity index is 2.35. The summed E-state index contributed by atoms with van der Waals surface area (Å²) >= 11 is 0. The average Bonchev–Trinajstić information content (AvgIpc) is 3.30. The molecule has 66 heavy (non-hydrogen) atoms. The van der Waals surface area contributed by atoms with E-state index >= 15 is 0 Å². The topological polar surface area (TPSA) is 192 Å². The molecule has 0 heterocycles. The van der Waals surface area contributed by atoms with E-state index in [-0.39, 0.29) is 13.0 Å². The molecule has 1 fully saturated rings. The van der Waals surface area contributed by atoms with E-state index in [1.807, 2.05) is 0 Å². The quantitative estimate of drug-likeness (QED) is 0.0147. The molecule has 6 N–H and O–H groups in total. The molecule has 0 spiro atoms. The van der Waals surface area contributed by atoms with Crippen LogP contribution in [0.1, 0.15) is 181 Å². The van der Waals surface area contributed by atoms with Crippen LogP contribution in [0.2, 0.25) is 0 Å². The van der Waals surface area contributed by atoms with Crippen LogP contribution in [0.3, 0.4) is 0 Å². The number of phosphoric acid groups is 1. The molecule has 0 amide bonds. The summed E-state index contributed by atoms with van der Waals surface area (Å²) in [6.07, 6.45) is 45.0. The molecule has 6 atom stereocenters. The predicted octanol–water partition coefficient (Wildman–Crippen LogP) is 11.3. The molecule has 0 bridgehead atoms. The number of hydrogen-bond donors (Lipinski definition) is 6. The third-order valence-electron chi connectivity index (χ3n) is 11.3. The minimum Gasteiger partial charge on any atom is -0.457 e. The molecule has 0 aliphatic heterocycles. The minimum absolute atomic E-state index is 0.0918. The summed E-state index contributed by atoms with van der Waals surface area (Å²) in [5.74, 6) is -0.490. The Bertz CT molecular complexity index is 1410. The number of hydrogen-bond acceptors (Lipinski definition) is 11. The Kier molecular flexibility index (Phi) is 39.7. The summed E-state index contributed by atoms with van der Waals surface area (Å²) in [6.45, 7) is 4.00. The van der Waals surface area contributed by atoms with Gasteiger partial charge in [0.15, 0.2) is 0 Å². The first kappa shape index (κ1) is 61.5. The first-order chi connectivity index (χ1) is 32.0. The zero-order chi connectivity index (χ0) is 48.4. The number of carbonyl (C=O) groups is 1. The Hall–Kier alpha value is -2.48. The Morgan fingerprint density at radius 2 is 0.848 bits per heavy atom. The van der Waals surface area contributed by atoms with Crippen molar-refractivity contribution >= 4 is 13.8 Å². The van der Waals surface area contributed by atoms with Crippen LogP contribution in [0.5, 0.6) is 0 Å². The third-order valence-corrected chi connectivity index (χ3v) is 12.2. The van der Waals surface area contributed by atoms with Crippen LogP contribution in [0.4, 0.5) is 0 Å². The van der Waals surface area contributed by atoms with E-state index in [9.17, 15) is 39.8 Å². The third kappa shape index (κ3) is 33.9. The largest absolute Gasteiger partial charge is 0.472 e. The molecule has 1 aliphatic carbocycles. The van der Waals surface area contributed by atoms with E-state index in [2.05, 4.69) is 98.9 Å². The Labute approximate surface area is 399 Å². The van der Waals surface area contributed by atoms with Gasteiger partial charge in [-0.05, 0) is 83.5 Å². The van der Waals surface area contributed by atoms with E-state index < -0.39 is 63.1 Å². The zero-order valence-corrected chi connectivity index (χ0v) is 41.6. The van der Waals surface area contributed by atoms with Crippen molar-refractivity contribution in [1.29, 1.82) is 0 Å². The molecular weight excluding hydrogens is 860 g/mol. The Morgan fingerprint density at radius 1 is 0.485 bits per heavy atom. The summed E-state index contributed by atoms with van der Waals surface area (Å²) in [7, 11) is -5.03. The number of phosphoric ester groups is 1. The highest BCUT2D eigenvalue weighted by Gasteiger charge is 2.51. The average molecular weight is 951 g/mol. The lowest BCUT2D eigenvalue weighted by Gasteiger charge is -2.41. The van der Waals surface area contributed by atoms with E-state index in [0.29, 0.717) is 13.0 Å². The second kappa shape index (κ2) is 42.6. The number of unbranched alkanes of at least 4 members (excludes halogenated alkanes) is 16. The Morgan fingerprint density at radius 3 is 1.29 bits per heavy atom. The highest BCUT2D eigenvalue weighted by Crippen LogP contribution is 2.47. The van der Waals surface area contributed by atoms with Crippen molar-refractivity contribution in [2.24, 2.45) is 0 Å². The second-order valence-electron chi connectivity index (χ2n) is 17.3. The van der Waals surface area contributed by atoms with Gasteiger partial charge in [0, 0.05) is 13.0 Å². The number of carbonyl (C=O) groups excluding carboxylic acids is 1. The van der Waals surface area contributed by atoms with Gasteiger partial charge in [-0.1, -0.05) is 176 Å². The first-order valence-electron chi connectivity index (χ1n) is 25.4. The van der Waals surface area contributed by atoms with E-state index in [4.69, 9.17) is 18.5 Å². The summed E-state index contributed by atoms with van der Waals surface area (Å²) in [6, 6.07) is 0. The molecule has 1 aliphatic rings. The number of aliphatic hydroxyl groups is 5. The van der Waals surface area contributed by atoms with Gasteiger partial charge >= 0.3 is 13.8 Å². The van der Waals surface area contributed by atoms with E-state index in [1.165, 1.54) is 38.5 Å². The van der Waals surface area contributed by atoms with Gasteiger partial charge in [-0.3, -0.25) is 13.8 Å². The van der Waals surface area contributed by atoms with Crippen LogP contribution in [0, 0.1) is 0 Å². The molecule has 12 nitrogen and oxygen atoms in total. The lowest BCUT2D eigenvalue weighted by atomic mass is 9.85. The van der Waals surface area contributed by atoms with Crippen LogP contribution < -0.4 is 0 Å². The molecule has 0 aromatic carbocycles. The number of rotatable bonds is 42. The minimum atomic E-state index is -5.03. The summed E-state index contributed by atoms with van der Waals surface area (Å²) < 4.78 is 34.3. The van der Waals surface area contributed by atoms with Crippen molar-refractivity contribution < 1.29 is 58.3 Å². The van der Waals surface area contributed by atoms with Crippen molar-refractivity contribution in [1.82, 2.24) is 0 Å². The zero-order valence-electron chi connectivity index (χ0n) is 40.7. The monoisotopic (exact) mass is 951 g/mol. The highest BCUT2D eigenvalue weighted by molar-refractivity contribution is 7.47. The van der Waals surface area contributed by atoms with Gasteiger partial charge in [0.05, 0.1) is 13.2 Å². The van der Waals surface area contributed by atoms with Crippen LogP contribution in [-0.2, 0) is 27.9 Å². The van der Waals surface area contributed by atoms with Crippen LogP contribution in [0.25, 0.3) is 0 Å². The molecule has 0 aromatic heterocycles.